The Balaban J connectivity index is 1.89. The number of hydrogen-bond donors (Lipinski definition) is 0. The Labute approximate surface area is 65.1 Å². The first kappa shape index (κ1) is 6.21. The molecule has 0 N–H and O–H groups in total. The Hall–Kier alpha value is 0.480. The number of alkyl halides is 1. The van der Waals surface area contributed by atoms with E-state index in [4.69, 9.17) is 0 Å². The highest BCUT2D eigenvalue weighted by Crippen LogP contribution is 2.67. The van der Waals surface area contributed by atoms with Gasteiger partial charge in [0, 0.05) is 5.33 Å². The first-order valence-corrected chi connectivity index (χ1v) is 4.95. The highest BCUT2D eigenvalue weighted by Gasteiger charge is 2.59. The summed E-state index contributed by atoms with van der Waals surface area (Å²) < 4.78 is 0. The van der Waals surface area contributed by atoms with Crippen LogP contribution in [0.15, 0.2) is 0 Å². The lowest BCUT2D eigenvalue weighted by atomic mass is 9.72. The maximum atomic E-state index is 3.55. The Morgan fingerprint density at radius 2 is 2.11 bits per heavy atom. The molecule has 0 aromatic carbocycles. The lowest BCUT2D eigenvalue weighted by Gasteiger charge is -2.34. The Morgan fingerprint density at radius 3 is 2.44 bits per heavy atom. The molecule has 0 heterocycles. The number of hydrogen-bond acceptors (Lipinski definition) is 0. The van der Waals surface area contributed by atoms with Gasteiger partial charge in [0.2, 0.25) is 0 Å². The fourth-order valence-corrected chi connectivity index (χ4v) is 3.39. The van der Waals surface area contributed by atoms with Crippen molar-refractivity contribution < 1.29 is 0 Å². The summed E-state index contributed by atoms with van der Waals surface area (Å²) in [6.07, 6.45) is 4.55. The molecule has 0 aliphatic heterocycles. The molecule has 0 saturated heterocycles. The van der Waals surface area contributed by atoms with E-state index in [2.05, 4.69) is 22.9 Å². The van der Waals surface area contributed by atoms with Gasteiger partial charge in [-0.2, -0.15) is 0 Å². The van der Waals surface area contributed by atoms with Crippen molar-refractivity contribution in [1.29, 1.82) is 0 Å². The summed E-state index contributed by atoms with van der Waals surface area (Å²) >= 11 is 3.55. The summed E-state index contributed by atoms with van der Waals surface area (Å²) in [5, 5.41) is 1.25. The van der Waals surface area contributed by atoms with Crippen LogP contribution in [0.1, 0.15) is 26.2 Å². The zero-order valence-corrected chi connectivity index (χ0v) is 7.45. The van der Waals surface area contributed by atoms with E-state index < -0.39 is 0 Å². The largest absolute Gasteiger partial charge is 0.0925 e. The van der Waals surface area contributed by atoms with E-state index in [0.717, 1.165) is 17.3 Å². The fraction of sp³-hybridized carbons (Fsp3) is 1.00. The van der Waals surface area contributed by atoms with E-state index in [9.17, 15) is 0 Å². The molecule has 1 atom stereocenters. The molecule has 0 amide bonds. The smallest absolute Gasteiger partial charge is 0.00651 e. The average molecular weight is 189 g/mol. The predicted octanol–water partition coefficient (Wildman–Crippen LogP) is 2.82. The van der Waals surface area contributed by atoms with E-state index >= 15 is 0 Å². The van der Waals surface area contributed by atoms with Gasteiger partial charge in [-0.25, -0.2) is 0 Å². The first-order chi connectivity index (χ1) is 4.27. The molecule has 2 aliphatic carbocycles. The molecule has 2 rings (SSSR count). The van der Waals surface area contributed by atoms with Crippen molar-refractivity contribution in [3.05, 3.63) is 0 Å². The minimum atomic E-state index is 0.864. The second-order valence-corrected chi connectivity index (χ2v) is 4.58. The van der Waals surface area contributed by atoms with Crippen LogP contribution in [0.3, 0.4) is 0 Å². The molecule has 52 valence electrons. The Bertz CT molecular complexity index is 125. The van der Waals surface area contributed by atoms with E-state index in [-0.39, 0.29) is 0 Å². The summed E-state index contributed by atoms with van der Waals surface area (Å²) in [6.45, 7) is 2.37. The third kappa shape index (κ3) is 0.772. The first-order valence-electron chi connectivity index (χ1n) is 3.83. The fourth-order valence-electron chi connectivity index (χ4n) is 2.48. The van der Waals surface area contributed by atoms with Gasteiger partial charge < -0.3 is 0 Å². The van der Waals surface area contributed by atoms with Gasteiger partial charge in [0.25, 0.3) is 0 Å². The Kier molecular flexibility index (Phi) is 1.20. The molecule has 2 saturated carbocycles. The monoisotopic (exact) mass is 188 g/mol. The molecule has 9 heavy (non-hydrogen) atoms. The van der Waals surface area contributed by atoms with Gasteiger partial charge in [-0.1, -0.05) is 22.9 Å². The van der Waals surface area contributed by atoms with Crippen LogP contribution in [-0.4, -0.2) is 5.33 Å². The average Bonchev–Trinajstić information content (AvgIpc) is 2.41. The molecule has 2 aliphatic rings. The highest BCUT2D eigenvalue weighted by molar-refractivity contribution is 9.09. The van der Waals surface area contributed by atoms with Gasteiger partial charge in [-0.05, 0) is 36.5 Å². The van der Waals surface area contributed by atoms with Crippen molar-refractivity contribution >= 4 is 15.9 Å². The number of rotatable bonds is 1. The second kappa shape index (κ2) is 1.75. The molecule has 1 unspecified atom stereocenters. The van der Waals surface area contributed by atoms with E-state index in [1.807, 2.05) is 0 Å². The molecule has 2 fully saturated rings. The predicted molar refractivity (Wildman–Crippen MR) is 42.7 cm³/mol. The van der Waals surface area contributed by atoms with Crippen LogP contribution in [0, 0.1) is 17.3 Å². The van der Waals surface area contributed by atoms with Crippen LogP contribution in [0.25, 0.3) is 0 Å². The van der Waals surface area contributed by atoms with E-state index in [1.54, 1.807) is 0 Å². The van der Waals surface area contributed by atoms with Crippen molar-refractivity contribution in [2.75, 3.05) is 5.33 Å². The molecule has 1 spiro atoms. The third-order valence-electron chi connectivity index (χ3n) is 3.06. The van der Waals surface area contributed by atoms with Crippen LogP contribution in [0.5, 0.6) is 0 Å². The van der Waals surface area contributed by atoms with Crippen molar-refractivity contribution in [3.8, 4) is 0 Å². The molecule has 0 nitrogen and oxygen atoms in total. The zero-order chi connectivity index (χ0) is 6.48. The normalized spacial score (nSPS) is 55.3. The Morgan fingerprint density at radius 1 is 1.44 bits per heavy atom. The van der Waals surface area contributed by atoms with Gasteiger partial charge in [0.15, 0.2) is 0 Å². The second-order valence-electron chi connectivity index (χ2n) is 3.93. The summed E-state index contributed by atoms with van der Waals surface area (Å²) in [6, 6.07) is 0. The van der Waals surface area contributed by atoms with Gasteiger partial charge in [-0.15, -0.1) is 0 Å². The minimum absolute atomic E-state index is 0.864. The summed E-state index contributed by atoms with van der Waals surface area (Å²) in [4.78, 5) is 0. The van der Waals surface area contributed by atoms with Crippen molar-refractivity contribution in [2.24, 2.45) is 17.3 Å². The standard InChI is InChI=1S/C8H13Br/c1-6-2-8(3-6)4-7(8)5-9/h6-7H,2-5H2,1H3. The SMILES string of the molecule is CC1CC2(C1)CC2CBr. The maximum Gasteiger partial charge on any atom is 0.00651 e. The highest BCUT2D eigenvalue weighted by atomic mass is 79.9. The number of halogens is 1. The molecule has 0 aromatic rings. The third-order valence-corrected chi connectivity index (χ3v) is 3.84. The quantitative estimate of drug-likeness (QED) is 0.556. The van der Waals surface area contributed by atoms with Gasteiger partial charge in [-0.3, -0.25) is 0 Å². The summed E-state index contributed by atoms with van der Waals surface area (Å²) in [7, 11) is 0. The van der Waals surface area contributed by atoms with E-state index in [1.165, 1.54) is 24.6 Å². The van der Waals surface area contributed by atoms with Gasteiger partial charge in [0.1, 0.15) is 0 Å². The van der Waals surface area contributed by atoms with Crippen LogP contribution in [0.2, 0.25) is 0 Å². The summed E-state index contributed by atoms with van der Waals surface area (Å²) in [5.74, 6) is 2.09. The topological polar surface area (TPSA) is 0 Å². The van der Waals surface area contributed by atoms with Crippen molar-refractivity contribution in [3.63, 3.8) is 0 Å². The van der Waals surface area contributed by atoms with Gasteiger partial charge in [0.05, 0.1) is 0 Å². The lowest BCUT2D eigenvalue weighted by Crippen LogP contribution is -2.24. The van der Waals surface area contributed by atoms with Gasteiger partial charge >= 0.3 is 0 Å². The minimum Gasteiger partial charge on any atom is -0.0925 e. The molecule has 0 aromatic heterocycles. The molecular weight excluding hydrogens is 176 g/mol. The lowest BCUT2D eigenvalue weighted by molar-refractivity contribution is 0.170. The van der Waals surface area contributed by atoms with Crippen LogP contribution in [0.4, 0.5) is 0 Å². The van der Waals surface area contributed by atoms with Crippen molar-refractivity contribution in [1.82, 2.24) is 0 Å². The van der Waals surface area contributed by atoms with Crippen LogP contribution in [-0.2, 0) is 0 Å². The molecule has 0 radical (unpaired) electrons. The van der Waals surface area contributed by atoms with Crippen LogP contribution >= 0.6 is 15.9 Å². The summed E-state index contributed by atoms with van der Waals surface area (Å²) in [5.41, 5.74) is 0.864. The molecule has 1 heteroatoms. The maximum absolute atomic E-state index is 3.55. The van der Waals surface area contributed by atoms with Crippen molar-refractivity contribution in [2.45, 2.75) is 26.2 Å². The molecular formula is C8H13Br. The zero-order valence-electron chi connectivity index (χ0n) is 5.86. The van der Waals surface area contributed by atoms with Crippen LogP contribution < -0.4 is 0 Å². The van der Waals surface area contributed by atoms with E-state index in [0.29, 0.717) is 0 Å². The molecule has 0 bridgehead atoms.